The molecule has 2 unspecified atom stereocenters. The Morgan fingerprint density at radius 3 is 2.73 bits per heavy atom. The van der Waals surface area contributed by atoms with E-state index in [1.54, 1.807) is 0 Å². The fraction of sp³-hybridized carbons (Fsp3) is 0.500. The quantitative estimate of drug-likeness (QED) is 0.853. The molecule has 0 amide bonds. The van der Waals surface area contributed by atoms with Crippen molar-refractivity contribution in [3.8, 4) is 15.8 Å². The van der Waals surface area contributed by atoms with E-state index in [0.29, 0.717) is 22.3 Å². The lowest BCUT2D eigenvalue weighted by Gasteiger charge is -2.35. The van der Waals surface area contributed by atoms with Crippen LogP contribution in [0.3, 0.4) is 0 Å². The molecule has 2 aliphatic rings. The van der Waals surface area contributed by atoms with Gasteiger partial charge < -0.3 is 9.64 Å². The summed E-state index contributed by atoms with van der Waals surface area (Å²) in [5.41, 5.74) is 0.989. The molecule has 2 saturated heterocycles. The number of rotatable bonds is 3. The van der Waals surface area contributed by atoms with E-state index >= 15 is 0 Å². The van der Waals surface area contributed by atoms with Crippen molar-refractivity contribution in [2.45, 2.75) is 43.9 Å². The number of nitrogens with zero attached hydrogens (tertiary/aromatic N) is 3. The van der Waals surface area contributed by atoms with E-state index in [-0.39, 0.29) is 6.10 Å². The van der Waals surface area contributed by atoms with Gasteiger partial charge in [0, 0.05) is 22.7 Å². The Labute approximate surface area is 139 Å². The normalized spacial score (nSPS) is 28.0. The van der Waals surface area contributed by atoms with Crippen LogP contribution in [-0.4, -0.2) is 40.3 Å². The van der Waals surface area contributed by atoms with Gasteiger partial charge in [-0.3, -0.25) is 0 Å². The first kappa shape index (κ1) is 14.4. The van der Waals surface area contributed by atoms with Crippen molar-refractivity contribution >= 4 is 22.9 Å². The summed E-state index contributed by atoms with van der Waals surface area (Å²) in [7, 11) is 2.24. The van der Waals surface area contributed by atoms with Gasteiger partial charge in [-0.05, 0) is 44.9 Å². The lowest BCUT2D eigenvalue weighted by molar-refractivity contribution is 0.0655. The summed E-state index contributed by atoms with van der Waals surface area (Å²) in [6, 6.07) is 9.02. The number of hydrogen-bond donors (Lipinski definition) is 0. The number of hydrogen-bond acceptors (Lipinski definition) is 5. The van der Waals surface area contributed by atoms with Gasteiger partial charge >= 0.3 is 0 Å². The van der Waals surface area contributed by atoms with Crippen molar-refractivity contribution in [2.24, 2.45) is 0 Å². The molecule has 2 atom stereocenters. The molecule has 116 valence electrons. The SMILES string of the molecule is CN1C2CCC1CC(Oc1nnc(-c3cccc(Cl)c3)s1)C2. The van der Waals surface area contributed by atoms with Gasteiger partial charge in [0.2, 0.25) is 0 Å². The van der Waals surface area contributed by atoms with E-state index in [0.717, 1.165) is 23.4 Å². The van der Waals surface area contributed by atoms with Crippen LogP contribution in [0.1, 0.15) is 25.7 Å². The fourth-order valence-corrected chi connectivity index (χ4v) is 4.54. The molecule has 2 bridgehead atoms. The molecule has 22 heavy (non-hydrogen) atoms. The largest absolute Gasteiger partial charge is 0.465 e. The maximum absolute atomic E-state index is 6.10. The van der Waals surface area contributed by atoms with E-state index in [9.17, 15) is 0 Å². The predicted octanol–water partition coefficient (Wildman–Crippen LogP) is 3.86. The zero-order chi connectivity index (χ0) is 15.1. The highest BCUT2D eigenvalue weighted by Crippen LogP contribution is 2.37. The Balaban J connectivity index is 1.46. The van der Waals surface area contributed by atoms with Crippen molar-refractivity contribution in [3.05, 3.63) is 29.3 Å². The highest BCUT2D eigenvalue weighted by Gasteiger charge is 2.39. The van der Waals surface area contributed by atoms with Crippen LogP contribution in [0.5, 0.6) is 5.19 Å². The second kappa shape index (κ2) is 5.80. The van der Waals surface area contributed by atoms with E-state index < -0.39 is 0 Å². The Morgan fingerprint density at radius 1 is 1.23 bits per heavy atom. The molecule has 2 aliphatic heterocycles. The van der Waals surface area contributed by atoms with Crippen LogP contribution in [0, 0.1) is 0 Å². The highest BCUT2D eigenvalue weighted by atomic mass is 35.5. The first-order valence-corrected chi connectivity index (χ1v) is 8.86. The summed E-state index contributed by atoms with van der Waals surface area (Å²) < 4.78 is 6.10. The van der Waals surface area contributed by atoms with E-state index in [2.05, 4.69) is 22.1 Å². The molecule has 0 aliphatic carbocycles. The number of benzene rings is 1. The van der Waals surface area contributed by atoms with Crippen molar-refractivity contribution < 1.29 is 4.74 Å². The minimum absolute atomic E-state index is 0.272. The molecule has 0 spiro atoms. The van der Waals surface area contributed by atoms with Crippen LogP contribution < -0.4 is 4.74 Å². The molecule has 0 radical (unpaired) electrons. The minimum atomic E-state index is 0.272. The molecule has 0 N–H and O–H groups in total. The van der Waals surface area contributed by atoms with Crippen molar-refractivity contribution in [1.82, 2.24) is 15.1 Å². The summed E-state index contributed by atoms with van der Waals surface area (Å²) in [6.07, 6.45) is 5.06. The topological polar surface area (TPSA) is 38.2 Å². The summed E-state index contributed by atoms with van der Waals surface area (Å²) >= 11 is 7.53. The van der Waals surface area contributed by atoms with Gasteiger partial charge in [0.1, 0.15) is 6.10 Å². The van der Waals surface area contributed by atoms with Gasteiger partial charge in [0.05, 0.1) is 0 Å². The monoisotopic (exact) mass is 335 g/mol. The molecule has 3 heterocycles. The van der Waals surface area contributed by atoms with Crippen molar-refractivity contribution in [1.29, 1.82) is 0 Å². The predicted molar refractivity (Wildman–Crippen MR) is 88.6 cm³/mol. The van der Waals surface area contributed by atoms with Gasteiger partial charge in [0.25, 0.3) is 5.19 Å². The van der Waals surface area contributed by atoms with E-state index in [1.807, 2.05) is 24.3 Å². The fourth-order valence-electron chi connectivity index (χ4n) is 3.60. The third-order valence-corrected chi connectivity index (χ3v) is 5.90. The van der Waals surface area contributed by atoms with Gasteiger partial charge in [-0.15, -0.1) is 5.10 Å². The number of aromatic nitrogens is 2. The van der Waals surface area contributed by atoms with E-state index in [4.69, 9.17) is 16.3 Å². The Morgan fingerprint density at radius 2 is 2.00 bits per heavy atom. The lowest BCUT2D eigenvalue weighted by atomic mass is 10.0. The van der Waals surface area contributed by atoms with Gasteiger partial charge in [0.15, 0.2) is 5.01 Å². The minimum Gasteiger partial charge on any atom is -0.465 e. The molecule has 1 aromatic heterocycles. The zero-order valence-electron chi connectivity index (χ0n) is 12.4. The molecule has 2 aromatic rings. The molecular weight excluding hydrogens is 318 g/mol. The molecule has 1 aromatic carbocycles. The van der Waals surface area contributed by atoms with Crippen LogP contribution >= 0.6 is 22.9 Å². The molecule has 0 saturated carbocycles. The molecule has 2 fully saturated rings. The Bertz CT molecular complexity index is 663. The van der Waals surface area contributed by atoms with Crippen molar-refractivity contribution in [2.75, 3.05) is 7.05 Å². The third kappa shape index (κ3) is 2.73. The first-order chi connectivity index (χ1) is 10.7. The average molecular weight is 336 g/mol. The maximum Gasteiger partial charge on any atom is 0.294 e. The van der Waals surface area contributed by atoms with Crippen LogP contribution in [0.4, 0.5) is 0 Å². The standard InChI is InChI=1S/C16H18ClN3OS/c1-20-12-5-6-13(20)9-14(8-12)21-16-19-18-15(22-16)10-3-2-4-11(17)7-10/h2-4,7,12-14H,5-6,8-9H2,1H3. The third-order valence-electron chi connectivity index (χ3n) is 4.80. The molecular formula is C16H18ClN3OS. The number of ether oxygens (including phenoxy) is 1. The molecule has 6 heteroatoms. The number of piperidine rings is 1. The van der Waals surface area contributed by atoms with Crippen LogP contribution in [-0.2, 0) is 0 Å². The second-order valence-electron chi connectivity index (χ2n) is 6.15. The Hall–Kier alpha value is -1.17. The molecule has 4 nitrogen and oxygen atoms in total. The summed E-state index contributed by atoms with van der Waals surface area (Å²) in [4.78, 5) is 2.51. The average Bonchev–Trinajstić information content (AvgIpc) is 3.02. The van der Waals surface area contributed by atoms with Gasteiger partial charge in [-0.2, -0.15) is 0 Å². The zero-order valence-corrected chi connectivity index (χ0v) is 14.0. The van der Waals surface area contributed by atoms with Crippen LogP contribution in [0.15, 0.2) is 24.3 Å². The van der Waals surface area contributed by atoms with Crippen LogP contribution in [0.25, 0.3) is 10.6 Å². The number of fused-ring (bicyclic) bond motifs is 2. The summed E-state index contributed by atoms with van der Waals surface area (Å²) in [5, 5.41) is 10.7. The first-order valence-electron chi connectivity index (χ1n) is 7.67. The van der Waals surface area contributed by atoms with Crippen molar-refractivity contribution in [3.63, 3.8) is 0 Å². The smallest absolute Gasteiger partial charge is 0.294 e. The molecule has 4 rings (SSSR count). The van der Waals surface area contributed by atoms with E-state index in [1.165, 1.54) is 24.2 Å². The Kier molecular flexibility index (Phi) is 3.80. The summed E-state index contributed by atoms with van der Waals surface area (Å²) in [5.74, 6) is 0. The highest BCUT2D eigenvalue weighted by molar-refractivity contribution is 7.16. The van der Waals surface area contributed by atoms with Gasteiger partial charge in [-0.25, -0.2) is 0 Å². The lowest BCUT2D eigenvalue weighted by Crippen LogP contribution is -2.43. The number of halogens is 1. The van der Waals surface area contributed by atoms with Crippen LogP contribution in [0.2, 0.25) is 5.02 Å². The summed E-state index contributed by atoms with van der Waals surface area (Å²) in [6.45, 7) is 0. The second-order valence-corrected chi connectivity index (χ2v) is 7.52. The van der Waals surface area contributed by atoms with Gasteiger partial charge in [-0.1, -0.05) is 40.2 Å². The maximum atomic E-state index is 6.10.